The van der Waals surface area contributed by atoms with Gasteiger partial charge in [0.15, 0.2) is 0 Å². The van der Waals surface area contributed by atoms with Crippen LogP contribution in [0.5, 0.6) is 0 Å². The molecule has 2 N–H and O–H groups in total. The first-order valence-electron chi connectivity index (χ1n) is 7.85. The van der Waals surface area contributed by atoms with Crippen molar-refractivity contribution >= 4 is 63.7 Å². The maximum atomic E-state index is 4.63. The number of aromatic amines is 2. The van der Waals surface area contributed by atoms with Gasteiger partial charge in [-0.15, -0.1) is 0 Å². The van der Waals surface area contributed by atoms with Gasteiger partial charge in [-0.1, -0.05) is 0 Å². The van der Waals surface area contributed by atoms with Gasteiger partial charge in [0, 0.05) is 22.1 Å². The van der Waals surface area contributed by atoms with Crippen LogP contribution in [0.2, 0.25) is 0 Å². The number of hydrogen-bond donors (Lipinski definition) is 2. The molecule has 8 bridgehead atoms. The first kappa shape index (κ1) is 15.6. The average Bonchev–Trinajstić information content (AvgIpc) is 3.32. The molecule has 0 amide bonds. The zero-order valence-electron chi connectivity index (χ0n) is 13.4. The van der Waals surface area contributed by atoms with Crippen molar-refractivity contribution in [3.8, 4) is 0 Å². The van der Waals surface area contributed by atoms with Gasteiger partial charge in [0.25, 0.3) is 0 Å². The Bertz CT molecular complexity index is 990. The first-order chi connectivity index (χ1) is 11.8. The van der Waals surface area contributed by atoms with Crippen molar-refractivity contribution in [1.29, 1.82) is 0 Å². The molecule has 3 aromatic rings. The van der Waals surface area contributed by atoms with Crippen molar-refractivity contribution in [1.82, 2.24) is 19.9 Å². The molecule has 0 saturated carbocycles. The van der Waals surface area contributed by atoms with Crippen LogP contribution in [0.4, 0.5) is 0 Å². The average molecular weight is 337 g/mol. The molecule has 0 unspecified atom stereocenters. The summed E-state index contributed by atoms with van der Waals surface area (Å²) in [7, 11) is 0. The van der Waals surface area contributed by atoms with Gasteiger partial charge in [0.05, 0.1) is 22.8 Å². The van der Waals surface area contributed by atoms with E-state index in [4.69, 9.17) is 0 Å². The summed E-state index contributed by atoms with van der Waals surface area (Å²) in [6.45, 7) is 0. The second kappa shape index (κ2) is 6.21. The zero-order chi connectivity index (χ0) is 15.9. The van der Waals surface area contributed by atoms with Gasteiger partial charge in [-0.25, -0.2) is 9.97 Å². The molecule has 0 aliphatic carbocycles. The topological polar surface area (TPSA) is 57.4 Å². The van der Waals surface area contributed by atoms with E-state index in [0.29, 0.717) is 0 Å². The maximum Gasteiger partial charge on any atom is 3.00 e. The maximum absolute atomic E-state index is 4.63. The van der Waals surface area contributed by atoms with Gasteiger partial charge < -0.3 is 9.97 Å². The summed E-state index contributed by atoms with van der Waals surface area (Å²) in [5.41, 5.74) is 7.86. The number of hydrogen-bond acceptors (Lipinski definition) is 2. The van der Waals surface area contributed by atoms with Crippen LogP contribution in [0.15, 0.2) is 48.5 Å². The number of H-pyrrole nitrogens is 2. The third-order valence-electron chi connectivity index (χ3n) is 4.04. The number of aromatic nitrogens is 4. The van der Waals surface area contributed by atoms with Crippen LogP contribution < -0.4 is 0 Å². The van der Waals surface area contributed by atoms with Crippen molar-refractivity contribution in [2.75, 3.05) is 0 Å². The van der Waals surface area contributed by atoms with Crippen molar-refractivity contribution in [3.63, 3.8) is 0 Å². The standard InChI is InChI=1S/C20H14N4.Al/c1-2-14-10-16-5-6-18(23-16)12-20-8-7-19(24-20)11-17-4-3-15(22-17)9-13(1)21-14;/h1-12,21,24H;/q;+3. The molecule has 2 aliphatic heterocycles. The summed E-state index contributed by atoms with van der Waals surface area (Å²) in [6.07, 6.45) is 8.09. The molecule has 0 atom stereocenters. The molecule has 114 valence electrons. The van der Waals surface area contributed by atoms with Crippen LogP contribution in [-0.2, 0) is 0 Å². The Morgan fingerprint density at radius 1 is 0.480 bits per heavy atom. The van der Waals surface area contributed by atoms with Crippen LogP contribution >= 0.6 is 0 Å². The molecule has 0 spiro atoms. The fourth-order valence-corrected chi connectivity index (χ4v) is 2.94. The van der Waals surface area contributed by atoms with Crippen molar-refractivity contribution in [2.45, 2.75) is 0 Å². The van der Waals surface area contributed by atoms with Gasteiger partial charge in [0.1, 0.15) is 0 Å². The summed E-state index contributed by atoms with van der Waals surface area (Å²) < 4.78 is 0. The van der Waals surface area contributed by atoms with Crippen LogP contribution in [0.25, 0.3) is 46.4 Å². The van der Waals surface area contributed by atoms with Crippen LogP contribution in [-0.4, -0.2) is 37.3 Å². The molecule has 3 aromatic heterocycles. The van der Waals surface area contributed by atoms with Gasteiger partial charge in [-0.3, -0.25) is 0 Å². The molecule has 25 heavy (non-hydrogen) atoms. The summed E-state index contributed by atoms with van der Waals surface area (Å²) in [5, 5.41) is 0. The zero-order valence-corrected chi connectivity index (χ0v) is 14.6. The molecular formula is C20H14AlN4+3. The van der Waals surface area contributed by atoms with Crippen molar-refractivity contribution in [3.05, 3.63) is 71.3 Å². The van der Waals surface area contributed by atoms with E-state index in [-0.39, 0.29) is 17.4 Å². The molecular weight excluding hydrogens is 323 g/mol. The smallest absolute Gasteiger partial charge is 0.355 e. The minimum Gasteiger partial charge on any atom is -0.355 e. The number of rotatable bonds is 0. The molecule has 5 heteroatoms. The SMILES string of the molecule is C1=Cc2cc3ccc(cc4nc(cc5ccc(cc1n2)[nH]5)C=C4)[nH]3.[Al+3]. The fraction of sp³-hybridized carbons (Fsp3) is 0. The van der Waals surface area contributed by atoms with Crippen LogP contribution in [0.3, 0.4) is 0 Å². The number of nitrogens with one attached hydrogen (secondary N) is 2. The largest absolute Gasteiger partial charge is 3.00 e. The molecule has 0 saturated heterocycles. The molecule has 5 heterocycles. The van der Waals surface area contributed by atoms with E-state index in [0.717, 1.165) is 44.8 Å². The first-order valence-corrected chi connectivity index (χ1v) is 7.85. The van der Waals surface area contributed by atoms with E-state index in [1.807, 2.05) is 48.6 Å². The quantitative estimate of drug-likeness (QED) is 0.415. The molecule has 0 fully saturated rings. The normalized spacial score (nSPS) is 12.2. The second-order valence-corrected chi connectivity index (χ2v) is 5.91. The second-order valence-electron chi connectivity index (χ2n) is 5.91. The van der Waals surface area contributed by atoms with Crippen molar-refractivity contribution < 1.29 is 0 Å². The van der Waals surface area contributed by atoms with E-state index in [1.165, 1.54) is 0 Å². The molecule has 0 radical (unpaired) electrons. The molecule has 5 rings (SSSR count). The summed E-state index contributed by atoms with van der Waals surface area (Å²) in [5.74, 6) is 0. The van der Waals surface area contributed by atoms with E-state index in [9.17, 15) is 0 Å². The number of nitrogens with zero attached hydrogens (tertiary/aromatic N) is 2. The van der Waals surface area contributed by atoms with E-state index < -0.39 is 0 Å². The summed E-state index contributed by atoms with van der Waals surface area (Å²) in [4.78, 5) is 16.0. The van der Waals surface area contributed by atoms with Gasteiger partial charge >= 0.3 is 17.4 Å². The van der Waals surface area contributed by atoms with Crippen molar-refractivity contribution in [2.24, 2.45) is 0 Å². The predicted octanol–water partition coefficient (Wildman–Crippen LogP) is 4.27. The molecule has 0 aromatic carbocycles. The predicted molar refractivity (Wildman–Crippen MR) is 105 cm³/mol. The monoisotopic (exact) mass is 337 g/mol. The Labute approximate surface area is 155 Å². The molecule has 4 nitrogen and oxygen atoms in total. The Morgan fingerprint density at radius 3 is 1.04 bits per heavy atom. The van der Waals surface area contributed by atoms with Crippen LogP contribution in [0, 0.1) is 0 Å². The van der Waals surface area contributed by atoms with E-state index >= 15 is 0 Å². The van der Waals surface area contributed by atoms with Gasteiger partial charge in [0.2, 0.25) is 0 Å². The third-order valence-corrected chi connectivity index (χ3v) is 4.04. The Balaban J connectivity index is 0.00000157. The Morgan fingerprint density at radius 2 is 0.760 bits per heavy atom. The van der Waals surface area contributed by atoms with E-state index in [2.05, 4.69) is 44.2 Å². The minimum absolute atomic E-state index is 0. The van der Waals surface area contributed by atoms with E-state index in [1.54, 1.807) is 0 Å². The summed E-state index contributed by atoms with van der Waals surface area (Å²) >= 11 is 0. The van der Waals surface area contributed by atoms with Crippen LogP contribution in [0.1, 0.15) is 22.8 Å². The number of fused-ring (bicyclic) bond motifs is 8. The Kier molecular flexibility index (Phi) is 3.89. The third kappa shape index (κ3) is 3.20. The molecule has 2 aliphatic rings. The van der Waals surface area contributed by atoms with Gasteiger partial charge in [-0.05, 0) is 72.8 Å². The van der Waals surface area contributed by atoms with Gasteiger partial charge in [-0.2, -0.15) is 0 Å². The minimum atomic E-state index is 0. The summed E-state index contributed by atoms with van der Waals surface area (Å²) in [6, 6.07) is 16.4. The Hall–Kier alpha value is -2.87. The fourth-order valence-electron chi connectivity index (χ4n) is 2.94.